The number of para-hydroxylation sites is 2. The van der Waals surface area contributed by atoms with Crippen LogP contribution in [0.3, 0.4) is 0 Å². The van der Waals surface area contributed by atoms with E-state index in [1.54, 1.807) is 0 Å². The van der Waals surface area contributed by atoms with Crippen LogP contribution in [0.1, 0.15) is 35.1 Å². The zero-order chi connectivity index (χ0) is 34.7. The summed E-state index contributed by atoms with van der Waals surface area (Å²) in [6.45, 7) is 0. The topological polar surface area (TPSA) is 4.93 Å². The number of nitrogens with zero attached hydrogens (tertiary/aromatic N) is 1. The van der Waals surface area contributed by atoms with Crippen LogP contribution in [0.25, 0.3) is 83.1 Å². The van der Waals surface area contributed by atoms with Gasteiger partial charge in [0.25, 0.3) is 0 Å². The zero-order valence-corrected chi connectivity index (χ0v) is 29.3. The molecule has 8 aromatic carbocycles. The van der Waals surface area contributed by atoms with Crippen LogP contribution in [0, 0.1) is 0 Å². The Balaban J connectivity index is 1.12. The van der Waals surface area contributed by atoms with Gasteiger partial charge in [0.05, 0.1) is 11.0 Å². The van der Waals surface area contributed by atoms with E-state index in [1.807, 2.05) is 0 Å². The molecular weight excluding hydrogens is 639 g/mol. The standard InChI is InChI=1S/C52H35N/c1-2-10-33(11-3-1)34-22-25-39(26-23-34)53-50-41(37-21-20-36-30-35-12-4-5-13-40(35)46(36)31-37)15-8-17-44(50)45-18-9-16-42(51(45)53)38-24-27-49-47(32-38)43-14-6-7-19-48(43)52(49)28-29-52/h1-27,31-32H,28-30H2. The molecule has 0 atom stereocenters. The summed E-state index contributed by atoms with van der Waals surface area (Å²) in [7, 11) is 0. The van der Waals surface area contributed by atoms with Crippen molar-refractivity contribution in [3.63, 3.8) is 0 Å². The SMILES string of the molecule is c1ccc(-c2ccc(-n3c4c(-c5ccc6c(c5)-c5ccccc5C6)cccc4c4cccc(-c5ccc6c(c5)-c5ccccc5C65CC5)c43)cc2)cc1. The van der Waals surface area contributed by atoms with Gasteiger partial charge in [0.2, 0.25) is 0 Å². The highest BCUT2D eigenvalue weighted by molar-refractivity contribution is 6.17. The van der Waals surface area contributed by atoms with Crippen LogP contribution in [0.5, 0.6) is 0 Å². The molecule has 1 aromatic heterocycles. The van der Waals surface area contributed by atoms with Crippen LogP contribution in [0.2, 0.25) is 0 Å². The van der Waals surface area contributed by atoms with Crippen molar-refractivity contribution >= 4 is 21.8 Å². The predicted octanol–water partition coefficient (Wildman–Crippen LogP) is 13.4. The summed E-state index contributed by atoms with van der Waals surface area (Å²) in [5, 5.41) is 2.55. The van der Waals surface area contributed by atoms with E-state index in [1.165, 1.54) is 118 Å². The molecule has 248 valence electrons. The molecule has 1 saturated carbocycles. The summed E-state index contributed by atoms with van der Waals surface area (Å²) < 4.78 is 2.55. The molecule has 3 aliphatic carbocycles. The van der Waals surface area contributed by atoms with Crippen molar-refractivity contribution in [1.82, 2.24) is 4.57 Å². The van der Waals surface area contributed by atoms with E-state index in [-0.39, 0.29) is 5.41 Å². The first-order chi connectivity index (χ1) is 26.2. The third kappa shape index (κ3) is 4.14. The van der Waals surface area contributed by atoms with Gasteiger partial charge >= 0.3 is 0 Å². The lowest BCUT2D eigenvalue weighted by Crippen LogP contribution is -2.03. The van der Waals surface area contributed by atoms with Crippen molar-refractivity contribution in [2.24, 2.45) is 0 Å². The summed E-state index contributed by atoms with van der Waals surface area (Å²) in [5.74, 6) is 0. The first kappa shape index (κ1) is 29.2. The lowest BCUT2D eigenvalue weighted by molar-refractivity contribution is 0.879. The minimum absolute atomic E-state index is 0.219. The Morgan fingerprint density at radius 1 is 0.358 bits per heavy atom. The molecule has 0 amide bonds. The Labute approximate surface area is 309 Å². The van der Waals surface area contributed by atoms with Crippen molar-refractivity contribution in [1.29, 1.82) is 0 Å². The minimum Gasteiger partial charge on any atom is -0.308 e. The summed E-state index contributed by atoms with van der Waals surface area (Å²) in [4.78, 5) is 0. The molecule has 0 N–H and O–H groups in total. The average molecular weight is 674 g/mol. The zero-order valence-electron chi connectivity index (χ0n) is 29.3. The Morgan fingerprint density at radius 2 is 0.906 bits per heavy atom. The van der Waals surface area contributed by atoms with Gasteiger partial charge in [0.1, 0.15) is 0 Å². The molecule has 0 saturated heterocycles. The molecular formula is C52H35N. The lowest BCUT2D eigenvalue weighted by atomic mass is 9.92. The summed E-state index contributed by atoms with van der Waals surface area (Å²) in [6, 6.07) is 66.1. The normalized spacial score (nSPS) is 14.3. The van der Waals surface area contributed by atoms with Gasteiger partial charge in [-0.25, -0.2) is 0 Å². The molecule has 9 aromatic rings. The quantitative estimate of drug-likeness (QED) is 0.175. The maximum absolute atomic E-state index is 2.55. The molecule has 0 radical (unpaired) electrons. The minimum atomic E-state index is 0.219. The summed E-state index contributed by atoms with van der Waals surface area (Å²) in [5.41, 5.74) is 22.7. The largest absolute Gasteiger partial charge is 0.308 e. The highest BCUT2D eigenvalue weighted by Gasteiger charge is 2.52. The molecule has 53 heavy (non-hydrogen) atoms. The number of benzene rings is 8. The van der Waals surface area contributed by atoms with Gasteiger partial charge in [-0.2, -0.15) is 0 Å². The number of aromatic nitrogens is 1. The molecule has 0 bridgehead atoms. The van der Waals surface area contributed by atoms with E-state index in [4.69, 9.17) is 0 Å². The van der Waals surface area contributed by atoms with E-state index >= 15 is 0 Å². The van der Waals surface area contributed by atoms with Crippen molar-refractivity contribution in [3.05, 3.63) is 198 Å². The second-order valence-electron chi connectivity index (χ2n) is 15.2. The van der Waals surface area contributed by atoms with Gasteiger partial charge < -0.3 is 4.57 Å². The Morgan fingerprint density at radius 3 is 1.64 bits per heavy atom. The molecule has 1 nitrogen and oxygen atoms in total. The molecule has 1 spiro atoms. The van der Waals surface area contributed by atoms with Crippen LogP contribution in [0.15, 0.2) is 176 Å². The average Bonchev–Trinajstić information content (AvgIpc) is 3.74. The predicted molar refractivity (Wildman–Crippen MR) is 221 cm³/mol. The third-order valence-corrected chi connectivity index (χ3v) is 12.5. The fourth-order valence-electron chi connectivity index (χ4n) is 9.86. The molecule has 3 aliphatic rings. The second kappa shape index (κ2) is 10.8. The van der Waals surface area contributed by atoms with Crippen molar-refractivity contribution in [2.75, 3.05) is 0 Å². The van der Waals surface area contributed by atoms with Gasteiger partial charge in [-0.1, -0.05) is 152 Å². The third-order valence-electron chi connectivity index (χ3n) is 12.5. The molecule has 0 unspecified atom stereocenters. The van der Waals surface area contributed by atoms with Crippen LogP contribution in [-0.2, 0) is 11.8 Å². The van der Waals surface area contributed by atoms with Gasteiger partial charge in [0.15, 0.2) is 0 Å². The van der Waals surface area contributed by atoms with Crippen LogP contribution in [0.4, 0.5) is 0 Å². The number of hydrogen-bond acceptors (Lipinski definition) is 0. The fraction of sp³-hybridized carbons (Fsp3) is 0.0769. The number of fused-ring (bicyclic) bond motifs is 11. The maximum atomic E-state index is 2.55. The molecule has 1 heterocycles. The number of hydrogen-bond donors (Lipinski definition) is 0. The van der Waals surface area contributed by atoms with E-state index in [2.05, 4.69) is 180 Å². The molecule has 1 fully saturated rings. The van der Waals surface area contributed by atoms with E-state index in [0.29, 0.717) is 0 Å². The van der Waals surface area contributed by atoms with Crippen LogP contribution in [-0.4, -0.2) is 4.57 Å². The second-order valence-corrected chi connectivity index (χ2v) is 15.2. The fourth-order valence-corrected chi connectivity index (χ4v) is 9.86. The van der Waals surface area contributed by atoms with Gasteiger partial charge in [-0.3, -0.25) is 0 Å². The first-order valence-electron chi connectivity index (χ1n) is 18.9. The maximum Gasteiger partial charge on any atom is 0.0619 e. The Hall–Kier alpha value is -6.44. The monoisotopic (exact) mass is 673 g/mol. The van der Waals surface area contributed by atoms with Crippen molar-refractivity contribution in [2.45, 2.75) is 24.7 Å². The first-order valence-corrected chi connectivity index (χ1v) is 18.9. The van der Waals surface area contributed by atoms with E-state index in [0.717, 1.165) is 6.42 Å². The molecule has 0 aliphatic heterocycles. The highest BCUT2D eigenvalue weighted by Crippen LogP contribution is 2.63. The van der Waals surface area contributed by atoms with Crippen LogP contribution >= 0.6 is 0 Å². The molecule has 12 rings (SSSR count). The summed E-state index contributed by atoms with van der Waals surface area (Å²) >= 11 is 0. The Kier molecular flexibility index (Phi) is 5.94. The van der Waals surface area contributed by atoms with Crippen molar-refractivity contribution in [3.8, 4) is 61.3 Å². The van der Waals surface area contributed by atoms with Gasteiger partial charge in [-0.15, -0.1) is 0 Å². The van der Waals surface area contributed by atoms with E-state index in [9.17, 15) is 0 Å². The van der Waals surface area contributed by atoms with Crippen LogP contribution < -0.4 is 0 Å². The smallest absolute Gasteiger partial charge is 0.0619 e. The van der Waals surface area contributed by atoms with Gasteiger partial charge in [-0.05, 0) is 110 Å². The van der Waals surface area contributed by atoms with Crippen molar-refractivity contribution < 1.29 is 0 Å². The summed E-state index contributed by atoms with van der Waals surface area (Å²) in [6.07, 6.45) is 3.49. The Bertz CT molecular complexity index is 2960. The lowest BCUT2D eigenvalue weighted by Gasteiger charge is -2.16. The molecule has 1 heteroatoms. The van der Waals surface area contributed by atoms with Gasteiger partial charge in [0, 0.05) is 33.0 Å². The highest BCUT2D eigenvalue weighted by atomic mass is 15.0. The van der Waals surface area contributed by atoms with E-state index < -0.39 is 0 Å². The number of rotatable bonds is 4.